The smallest absolute Gasteiger partial charge is 0.253 e. The minimum Gasteiger partial charge on any atom is -0.468 e. The van der Waals surface area contributed by atoms with Crippen molar-refractivity contribution < 1.29 is 17.6 Å². The van der Waals surface area contributed by atoms with Crippen molar-refractivity contribution in [2.75, 3.05) is 26.2 Å². The summed E-state index contributed by atoms with van der Waals surface area (Å²) in [5.41, 5.74) is 1.53. The second-order valence-corrected chi connectivity index (χ2v) is 9.75. The molecule has 1 N–H and O–H groups in total. The van der Waals surface area contributed by atoms with E-state index in [4.69, 9.17) is 16.0 Å². The maximum absolute atomic E-state index is 13.0. The SMILES string of the molecule is O=C(c1ccc(Cl)c(S(=O)(=O)NCc2ccco2)c1)N1CCN(Cc2ccccc2)CC1. The van der Waals surface area contributed by atoms with E-state index in [9.17, 15) is 13.2 Å². The Hall–Kier alpha value is -2.65. The zero-order valence-electron chi connectivity index (χ0n) is 17.4. The molecule has 7 nitrogen and oxygen atoms in total. The van der Waals surface area contributed by atoms with E-state index in [1.807, 2.05) is 18.2 Å². The van der Waals surface area contributed by atoms with Crippen LogP contribution in [0.5, 0.6) is 0 Å². The van der Waals surface area contributed by atoms with Gasteiger partial charge in [-0.15, -0.1) is 0 Å². The van der Waals surface area contributed by atoms with Crippen LogP contribution < -0.4 is 4.72 Å². The first-order chi connectivity index (χ1) is 15.4. The summed E-state index contributed by atoms with van der Waals surface area (Å²) in [6, 6.07) is 17.9. The van der Waals surface area contributed by atoms with E-state index < -0.39 is 10.0 Å². The fraction of sp³-hybridized carbons (Fsp3) is 0.261. The lowest BCUT2D eigenvalue weighted by molar-refractivity contribution is 0.0628. The summed E-state index contributed by atoms with van der Waals surface area (Å²) in [5.74, 6) is 0.272. The van der Waals surface area contributed by atoms with Crippen molar-refractivity contribution >= 4 is 27.5 Å². The van der Waals surface area contributed by atoms with Gasteiger partial charge in [-0.1, -0.05) is 41.9 Å². The molecule has 0 saturated carbocycles. The predicted octanol–water partition coefficient (Wildman–Crippen LogP) is 3.37. The van der Waals surface area contributed by atoms with E-state index >= 15 is 0 Å². The molecule has 0 unspecified atom stereocenters. The first-order valence-electron chi connectivity index (χ1n) is 10.3. The van der Waals surface area contributed by atoms with Crippen LogP contribution in [0.25, 0.3) is 0 Å². The minimum absolute atomic E-state index is 0.00674. The van der Waals surface area contributed by atoms with Crippen LogP contribution in [-0.2, 0) is 23.1 Å². The number of hydrogen-bond acceptors (Lipinski definition) is 5. The molecule has 0 atom stereocenters. The molecule has 2 aromatic carbocycles. The molecule has 2 heterocycles. The molecule has 1 amide bonds. The third-order valence-electron chi connectivity index (χ3n) is 5.39. The topological polar surface area (TPSA) is 82.9 Å². The Balaban J connectivity index is 1.41. The number of hydrogen-bond donors (Lipinski definition) is 1. The number of carbonyl (C=O) groups excluding carboxylic acids is 1. The van der Waals surface area contributed by atoms with Crippen molar-refractivity contribution in [2.45, 2.75) is 18.0 Å². The van der Waals surface area contributed by atoms with Crippen LogP contribution in [0.2, 0.25) is 5.02 Å². The van der Waals surface area contributed by atoms with Gasteiger partial charge in [0.2, 0.25) is 10.0 Å². The number of amides is 1. The summed E-state index contributed by atoms with van der Waals surface area (Å²) in [4.78, 5) is 17.0. The second kappa shape index (κ2) is 9.87. The van der Waals surface area contributed by atoms with Crippen LogP contribution >= 0.6 is 11.6 Å². The highest BCUT2D eigenvalue weighted by Crippen LogP contribution is 2.24. The van der Waals surface area contributed by atoms with Gasteiger partial charge >= 0.3 is 0 Å². The van der Waals surface area contributed by atoms with Gasteiger partial charge in [0.15, 0.2) is 0 Å². The van der Waals surface area contributed by atoms with E-state index in [-0.39, 0.29) is 22.4 Å². The Labute approximate surface area is 192 Å². The van der Waals surface area contributed by atoms with Crippen LogP contribution in [0.3, 0.4) is 0 Å². The fourth-order valence-electron chi connectivity index (χ4n) is 3.63. The van der Waals surface area contributed by atoms with E-state index in [1.165, 1.54) is 24.0 Å². The standard InChI is InChI=1S/C23H24ClN3O4S/c24-21-9-8-19(15-22(21)32(29,30)25-16-20-7-4-14-31-20)23(28)27-12-10-26(11-13-27)17-18-5-2-1-3-6-18/h1-9,14-15,25H,10-13,16-17H2. The molecular weight excluding hydrogens is 450 g/mol. The molecule has 1 aliphatic heterocycles. The average molecular weight is 474 g/mol. The number of nitrogens with one attached hydrogen (secondary N) is 1. The van der Waals surface area contributed by atoms with Gasteiger partial charge in [0.1, 0.15) is 10.7 Å². The summed E-state index contributed by atoms with van der Waals surface area (Å²) < 4.78 is 33.1. The van der Waals surface area contributed by atoms with Gasteiger partial charge in [0.05, 0.1) is 17.8 Å². The highest BCUT2D eigenvalue weighted by molar-refractivity contribution is 7.89. The van der Waals surface area contributed by atoms with Gasteiger partial charge in [-0.05, 0) is 35.9 Å². The number of piperazine rings is 1. The van der Waals surface area contributed by atoms with E-state index in [0.29, 0.717) is 24.4 Å². The van der Waals surface area contributed by atoms with Crippen molar-refractivity contribution in [3.05, 3.63) is 88.8 Å². The zero-order chi connectivity index (χ0) is 22.6. The molecule has 0 radical (unpaired) electrons. The van der Waals surface area contributed by atoms with Crippen molar-refractivity contribution in [1.82, 2.24) is 14.5 Å². The molecule has 1 aromatic heterocycles. The maximum Gasteiger partial charge on any atom is 0.253 e. The predicted molar refractivity (Wildman–Crippen MR) is 122 cm³/mol. The highest BCUT2D eigenvalue weighted by Gasteiger charge is 2.25. The Bertz CT molecular complexity index is 1160. The van der Waals surface area contributed by atoms with E-state index in [2.05, 4.69) is 21.8 Å². The summed E-state index contributed by atoms with van der Waals surface area (Å²) in [6.07, 6.45) is 1.47. The Morgan fingerprint density at radius 2 is 1.75 bits per heavy atom. The van der Waals surface area contributed by atoms with Gasteiger partial charge in [-0.3, -0.25) is 9.69 Å². The molecule has 9 heteroatoms. The third kappa shape index (κ3) is 5.39. The number of nitrogens with zero attached hydrogens (tertiary/aromatic N) is 2. The van der Waals surface area contributed by atoms with Crippen LogP contribution in [0.4, 0.5) is 0 Å². The first-order valence-corrected chi connectivity index (χ1v) is 12.2. The van der Waals surface area contributed by atoms with Crippen LogP contribution in [0, 0.1) is 0 Å². The third-order valence-corrected chi connectivity index (χ3v) is 7.28. The quantitative estimate of drug-likeness (QED) is 0.569. The summed E-state index contributed by atoms with van der Waals surface area (Å²) >= 11 is 6.15. The average Bonchev–Trinajstić information content (AvgIpc) is 3.33. The maximum atomic E-state index is 13.0. The van der Waals surface area contributed by atoms with E-state index in [0.717, 1.165) is 19.6 Å². The number of benzene rings is 2. The molecule has 1 saturated heterocycles. The van der Waals surface area contributed by atoms with Crippen molar-refractivity contribution in [3.8, 4) is 0 Å². The monoisotopic (exact) mass is 473 g/mol. The molecule has 3 aromatic rings. The number of sulfonamides is 1. The molecule has 168 valence electrons. The summed E-state index contributed by atoms with van der Waals surface area (Å²) in [6.45, 7) is 3.50. The molecular formula is C23H24ClN3O4S. The lowest BCUT2D eigenvalue weighted by Gasteiger charge is -2.34. The normalized spacial score (nSPS) is 15.1. The molecule has 0 bridgehead atoms. The van der Waals surface area contributed by atoms with Crippen molar-refractivity contribution in [1.29, 1.82) is 0 Å². The largest absolute Gasteiger partial charge is 0.468 e. The lowest BCUT2D eigenvalue weighted by Crippen LogP contribution is -2.48. The van der Waals surface area contributed by atoms with E-state index in [1.54, 1.807) is 23.1 Å². The molecule has 1 fully saturated rings. The Kier molecular flexibility index (Phi) is 6.95. The van der Waals surface area contributed by atoms with Gasteiger partial charge in [-0.2, -0.15) is 0 Å². The number of halogens is 1. The van der Waals surface area contributed by atoms with Gasteiger partial charge < -0.3 is 9.32 Å². The molecule has 4 rings (SSSR count). The van der Waals surface area contributed by atoms with Crippen LogP contribution in [0.15, 0.2) is 76.2 Å². The van der Waals surface area contributed by atoms with Crippen LogP contribution in [-0.4, -0.2) is 50.3 Å². The molecule has 32 heavy (non-hydrogen) atoms. The number of furan rings is 1. The summed E-state index contributed by atoms with van der Waals surface area (Å²) in [5, 5.41) is 0.0566. The Morgan fingerprint density at radius 3 is 2.44 bits per heavy atom. The zero-order valence-corrected chi connectivity index (χ0v) is 19.0. The second-order valence-electron chi connectivity index (χ2n) is 7.60. The fourth-order valence-corrected chi connectivity index (χ4v) is 5.15. The van der Waals surface area contributed by atoms with Crippen LogP contribution in [0.1, 0.15) is 21.7 Å². The number of carbonyl (C=O) groups is 1. The van der Waals surface area contributed by atoms with Gasteiger partial charge in [0.25, 0.3) is 5.91 Å². The lowest BCUT2D eigenvalue weighted by atomic mass is 10.1. The van der Waals surface area contributed by atoms with Crippen molar-refractivity contribution in [3.63, 3.8) is 0 Å². The summed E-state index contributed by atoms with van der Waals surface area (Å²) in [7, 11) is -3.92. The van der Waals surface area contributed by atoms with Gasteiger partial charge in [-0.25, -0.2) is 13.1 Å². The molecule has 1 aliphatic rings. The highest BCUT2D eigenvalue weighted by atomic mass is 35.5. The first kappa shape index (κ1) is 22.5. The Morgan fingerprint density at radius 1 is 1.00 bits per heavy atom. The van der Waals surface area contributed by atoms with Gasteiger partial charge in [0, 0.05) is 38.3 Å². The number of rotatable bonds is 7. The minimum atomic E-state index is -3.92. The van der Waals surface area contributed by atoms with Crippen molar-refractivity contribution in [2.24, 2.45) is 0 Å². The molecule has 0 aliphatic carbocycles. The molecule has 0 spiro atoms.